The Morgan fingerprint density at radius 3 is 2.15 bits per heavy atom. The van der Waals surface area contributed by atoms with Crippen LogP contribution in [0.2, 0.25) is 0 Å². The fourth-order valence-corrected chi connectivity index (χ4v) is 9.14. The second kappa shape index (κ2) is 6.72. The molecule has 0 saturated carbocycles. The van der Waals surface area contributed by atoms with Crippen molar-refractivity contribution in [3.8, 4) is 5.69 Å². The zero-order valence-electron chi connectivity index (χ0n) is 21.3. The lowest BCUT2D eigenvalue weighted by molar-refractivity contribution is 1.18. The Bertz CT molecular complexity index is 2590. The molecule has 0 atom stereocenters. The average Bonchev–Trinajstić information content (AvgIpc) is 3.64. The van der Waals surface area contributed by atoms with Gasteiger partial charge in [0.1, 0.15) is 0 Å². The molecular formula is C36H19BN2S. The Labute approximate surface area is 233 Å². The van der Waals surface area contributed by atoms with Gasteiger partial charge in [0.15, 0.2) is 0 Å². The topological polar surface area (TPSA) is 9.34 Å². The molecule has 0 N–H and O–H groups in total. The number of para-hydroxylation sites is 3. The Hall–Kier alpha value is -4.67. The highest BCUT2D eigenvalue weighted by Crippen LogP contribution is 2.44. The molecule has 0 fully saturated rings. The van der Waals surface area contributed by atoms with Gasteiger partial charge in [-0.2, -0.15) is 0 Å². The minimum absolute atomic E-state index is 0.254. The van der Waals surface area contributed by atoms with Crippen LogP contribution in [-0.2, 0) is 0 Å². The summed E-state index contributed by atoms with van der Waals surface area (Å²) in [4.78, 5) is 2.75. The van der Waals surface area contributed by atoms with Crippen LogP contribution in [0.15, 0.2) is 125 Å². The molecule has 5 heterocycles. The van der Waals surface area contributed by atoms with Crippen LogP contribution in [0.25, 0.3) is 65.6 Å². The lowest BCUT2D eigenvalue weighted by Crippen LogP contribution is -2.58. The molecule has 0 amide bonds. The Kier molecular flexibility index (Phi) is 3.41. The smallest absolute Gasteiger partial charge is 0.249 e. The molecule has 11 rings (SSSR count). The largest absolute Gasteiger partial charge is 0.310 e. The van der Waals surface area contributed by atoms with E-state index in [4.69, 9.17) is 0 Å². The molecule has 0 aliphatic carbocycles. The fraction of sp³-hybridized carbons (Fsp3) is 0. The van der Waals surface area contributed by atoms with Gasteiger partial charge in [-0.05, 0) is 47.3 Å². The maximum Gasteiger partial charge on any atom is 0.249 e. The van der Waals surface area contributed by atoms with Crippen molar-refractivity contribution >= 4 is 94.8 Å². The van der Waals surface area contributed by atoms with E-state index in [0.29, 0.717) is 0 Å². The van der Waals surface area contributed by atoms with Crippen molar-refractivity contribution in [2.75, 3.05) is 0 Å². The van der Waals surface area contributed by atoms with Crippen LogP contribution in [0.1, 0.15) is 0 Å². The summed E-state index contributed by atoms with van der Waals surface area (Å²) in [6.07, 6.45) is 0. The van der Waals surface area contributed by atoms with Crippen molar-refractivity contribution in [2.24, 2.45) is 0 Å². The molecule has 6 aromatic carbocycles. The summed E-state index contributed by atoms with van der Waals surface area (Å²) in [5.41, 5.74) is 12.1. The zero-order chi connectivity index (χ0) is 25.7. The van der Waals surface area contributed by atoms with E-state index < -0.39 is 0 Å². The van der Waals surface area contributed by atoms with E-state index in [1.807, 2.05) is 11.8 Å². The molecule has 182 valence electrons. The zero-order valence-corrected chi connectivity index (χ0v) is 22.2. The highest BCUT2D eigenvalue weighted by Gasteiger charge is 2.39. The Morgan fingerprint density at radius 1 is 0.475 bits per heavy atom. The average molecular weight is 522 g/mol. The molecule has 9 aromatic rings. The highest BCUT2D eigenvalue weighted by molar-refractivity contribution is 8.00. The van der Waals surface area contributed by atoms with Crippen LogP contribution in [0.3, 0.4) is 0 Å². The van der Waals surface area contributed by atoms with Crippen molar-refractivity contribution in [3.63, 3.8) is 0 Å². The molecule has 0 saturated heterocycles. The molecule has 4 heteroatoms. The SMILES string of the molecule is c1ccc2c(c1)Sc1ccc3c4cc5c6cccc7c8ccccc8n(c5cc4n4c3c1B2c1ccccc1-4)c76. The van der Waals surface area contributed by atoms with Gasteiger partial charge in [0.25, 0.3) is 0 Å². The molecule has 0 radical (unpaired) electrons. The summed E-state index contributed by atoms with van der Waals surface area (Å²) in [6, 6.07) is 43.3. The summed E-state index contributed by atoms with van der Waals surface area (Å²) in [7, 11) is 0. The third kappa shape index (κ3) is 2.15. The van der Waals surface area contributed by atoms with Crippen molar-refractivity contribution in [1.82, 2.24) is 8.97 Å². The summed E-state index contributed by atoms with van der Waals surface area (Å²) in [6.45, 7) is 0.254. The van der Waals surface area contributed by atoms with Crippen LogP contribution in [0, 0.1) is 0 Å². The monoisotopic (exact) mass is 522 g/mol. The maximum atomic E-state index is 2.57. The quantitative estimate of drug-likeness (QED) is 0.191. The molecule has 0 unspecified atom stereocenters. The van der Waals surface area contributed by atoms with Gasteiger partial charge in [0.05, 0.1) is 27.6 Å². The van der Waals surface area contributed by atoms with E-state index >= 15 is 0 Å². The first-order valence-corrected chi connectivity index (χ1v) is 14.7. The molecule has 3 aromatic heterocycles. The number of hydrogen-bond acceptors (Lipinski definition) is 1. The number of rotatable bonds is 0. The fourth-order valence-electron chi connectivity index (χ4n) is 8.00. The van der Waals surface area contributed by atoms with E-state index in [0.717, 1.165) is 0 Å². The Morgan fingerprint density at radius 2 is 1.20 bits per heavy atom. The number of hydrogen-bond donors (Lipinski definition) is 0. The first kappa shape index (κ1) is 20.3. The summed E-state index contributed by atoms with van der Waals surface area (Å²) >= 11 is 1.92. The number of benzene rings is 6. The van der Waals surface area contributed by atoms with Gasteiger partial charge >= 0.3 is 0 Å². The van der Waals surface area contributed by atoms with Crippen molar-refractivity contribution in [1.29, 1.82) is 0 Å². The van der Waals surface area contributed by atoms with E-state index in [1.165, 1.54) is 91.8 Å². The second-order valence-corrected chi connectivity index (χ2v) is 12.4. The van der Waals surface area contributed by atoms with Gasteiger partial charge in [-0.15, -0.1) is 0 Å². The summed E-state index contributed by atoms with van der Waals surface area (Å²) < 4.78 is 5.06. The molecule has 40 heavy (non-hydrogen) atoms. The van der Waals surface area contributed by atoms with Crippen molar-refractivity contribution in [3.05, 3.63) is 115 Å². The third-order valence-electron chi connectivity index (χ3n) is 9.50. The van der Waals surface area contributed by atoms with Gasteiger partial charge in [-0.3, -0.25) is 0 Å². The van der Waals surface area contributed by atoms with Gasteiger partial charge in [-0.1, -0.05) is 96.1 Å². The van der Waals surface area contributed by atoms with Gasteiger partial charge in [-0.25, -0.2) is 0 Å². The number of aromatic nitrogens is 2. The molecule has 2 nitrogen and oxygen atoms in total. The number of fused-ring (bicyclic) bond motifs is 14. The van der Waals surface area contributed by atoms with Gasteiger partial charge in [0, 0.05) is 47.8 Å². The standard InChI is InChI=1S/C36H19BN2S/c1-4-13-28-20(8-1)21-9-7-10-22-24-18-25-23-16-17-33-34-36(23)39(31(25)19-30(24)38(28)35(21)22)29-14-5-2-11-26(29)37(34)27-12-3-6-15-32(27)40-33/h1-19H. The Balaban J connectivity index is 1.38. The minimum Gasteiger partial charge on any atom is -0.310 e. The van der Waals surface area contributed by atoms with Gasteiger partial charge < -0.3 is 8.97 Å². The molecular weight excluding hydrogens is 503 g/mol. The van der Waals surface area contributed by atoms with Gasteiger partial charge in [0.2, 0.25) is 6.71 Å². The lowest BCUT2D eigenvalue weighted by Gasteiger charge is -2.32. The van der Waals surface area contributed by atoms with Crippen LogP contribution in [-0.4, -0.2) is 15.7 Å². The van der Waals surface area contributed by atoms with Crippen LogP contribution >= 0.6 is 11.8 Å². The number of nitrogens with zero attached hydrogens (tertiary/aromatic N) is 2. The first-order valence-electron chi connectivity index (χ1n) is 13.9. The molecule has 0 spiro atoms. The van der Waals surface area contributed by atoms with E-state index in [1.54, 1.807) is 0 Å². The summed E-state index contributed by atoms with van der Waals surface area (Å²) in [5.74, 6) is 0. The highest BCUT2D eigenvalue weighted by atomic mass is 32.2. The first-order chi connectivity index (χ1) is 19.9. The second-order valence-electron chi connectivity index (χ2n) is 11.3. The minimum atomic E-state index is 0.254. The van der Waals surface area contributed by atoms with E-state index in [-0.39, 0.29) is 6.71 Å². The van der Waals surface area contributed by atoms with Crippen LogP contribution in [0.5, 0.6) is 0 Å². The van der Waals surface area contributed by atoms with E-state index in [2.05, 4.69) is 124 Å². The van der Waals surface area contributed by atoms with Crippen LogP contribution < -0.4 is 16.4 Å². The predicted molar refractivity (Wildman–Crippen MR) is 171 cm³/mol. The normalized spacial score (nSPS) is 13.8. The van der Waals surface area contributed by atoms with Crippen molar-refractivity contribution in [2.45, 2.75) is 9.79 Å². The van der Waals surface area contributed by atoms with Crippen molar-refractivity contribution < 1.29 is 0 Å². The molecule has 2 aliphatic heterocycles. The maximum absolute atomic E-state index is 2.57. The lowest BCUT2D eigenvalue weighted by atomic mass is 9.35. The van der Waals surface area contributed by atoms with E-state index in [9.17, 15) is 0 Å². The summed E-state index contributed by atoms with van der Waals surface area (Å²) in [5, 5.41) is 8.01. The van der Waals surface area contributed by atoms with Crippen LogP contribution in [0.4, 0.5) is 0 Å². The predicted octanol–water partition coefficient (Wildman–Crippen LogP) is 7.23. The molecule has 2 aliphatic rings. The third-order valence-corrected chi connectivity index (χ3v) is 10.7. The molecule has 0 bridgehead atoms.